The van der Waals surface area contributed by atoms with Crippen LogP contribution in [0.3, 0.4) is 0 Å². The minimum Gasteiger partial charge on any atom is -0.508 e. The maximum Gasteiger partial charge on any atom is 0.338 e. The molecule has 0 unspecified atom stereocenters. The lowest BCUT2D eigenvalue weighted by atomic mass is 9.89. The minimum atomic E-state index is -1.49. The van der Waals surface area contributed by atoms with Crippen LogP contribution in [0.15, 0.2) is 59.4 Å². The van der Waals surface area contributed by atoms with Crippen molar-refractivity contribution in [2.75, 3.05) is 7.11 Å². The van der Waals surface area contributed by atoms with Crippen molar-refractivity contribution in [2.45, 2.75) is 37.3 Å². The van der Waals surface area contributed by atoms with Gasteiger partial charge in [0, 0.05) is 53.8 Å². The summed E-state index contributed by atoms with van der Waals surface area (Å²) in [6.45, 7) is 0. The highest BCUT2D eigenvalue weighted by molar-refractivity contribution is 5.98. The lowest BCUT2D eigenvalue weighted by Gasteiger charge is -2.34. The van der Waals surface area contributed by atoms with E-state index in [-0.39, 0.29) is 74.8 Å². The first-order chi connectivity index (χ1) is 25.1. The number of carbonyl (C=O) groups excluding carboxylic acids is 1. The number of hydrogen-bond acceptors (Lipinski definition) is 16. The largest absolute Gasteiger partial charge is 0.508 e. The highest BCUT2D eigenvalue weighted by Crippen LogP contribution is 2.49. The monoisotopic (exact) mass is 730 g/mol. The highest BCUT2D eigenvalue weighted by atomic mass is 16.6. The first-order valence-electron chi connectivity index (χ1n) is 15.8. The van der Waals surface area contributed by atoms with Gasteiger partial charge in [-0.1, -0.05) is 0 Å². The molecule has 0 radical (unpaired) electrons. The van der Waals surface area contributed by atoms with Crippen LogP contribution in [0.1, 0.15) is 44.8 Å². The number of methoxy groups -OCH3 is 1. The van der Waals surface area contributed by atoms with Crippen LogP contribution in [-0.2, 0) is 17.6 Å². The van der Waals surface area contributed by atoms with Crippen molar-refractivity contribution in [3.05, 3.63) is 92.6 Å². The SMILES string of the molecule is COc1cc(C(=O)O[C@H]2Cc3c(O)cc(O)cc3O[C@H]2c2cc(O)c(O)c3c(O)c(=O)cc([C@H]4Oc5cc(O)cc(O)c5C[C@H]4O)cc23)cc(O)c1O. The molecule has 0 spiro atoms. The summed E-state index contributed by atoms with van der Waals surface area (Å²) in [7, 11) is 1.19. The maximum atomic E-state index is 13.6. The van der Waals surface area contributed by atoms with E-state index in [4.69, 9.17) is 18.9 Å². The van der Waals surface area contributed by atoms with Crippen molar-refractivity contribution >= 4 is 16.7 Å². The van der Waals surface area contributed by atoms with Crippen molar-refractivity contribution in [3.8, 4) is 69.0 Å². The fraction of sp³-hybridized carbons (Fsp3) is 0.189. The summed E-state index contributed by atoms with van der Waals surface area (Å²) in [5, 5.41) is 105. The molecule has 5 aromatic carbocycles. The molecule has 2 aliphatic rings. The zero-order chi connectivity index (χ0) is 38.0. The molecule has 7 rings (SSSR count). The van der Waals surface area contributed by atoms with Gasteiger partial charge in [-0.3, -0.25) is 4.79 Å². The quantitative estimate of drug-likeness (QED) is 0.0915. The van der Waals surface area contributed by atoms with E-state index >= 15 is 0 Å². The molecule has 0 bridgehead atoms. The van der Waals surface area contributed by atoms with Crippen LogP contribution in [-0.4, -0.2) is 76.4 Å². The normalized spacial score (nSPS) is 19.0. The number of aromatic hydroxyl groups is 9. The number of aliphatic hydroxyl groups excluding tert-OH is 1. The summed E-state index contributed by atoms with van der Waals surface area (Å²) in [6.07, 6.45) is -6.15. The number of hydrogen-bond donors (Lipinski definition) is 10. The van der Waals surface area contributed by atoms with Crippen molar-refractivity contribution in [3.63, 3.8) is 0 Å². The van der Waals surface area contributed by atoms with Crippen molar-refractivity contribution in [2.24, 2.45) is 0 Å². The van der Waals surface area contributed by atoms with Gasteiger partial charge in [0.15, 0.2) is 34.9 Å². The van der Waals surface area contributed by atoms with Gasteiger partial charge in [0.05, 0.1) is 24.2 Å². The summed E-state index contributed by atoms with van der Waals surface area (Å²) >= 11 is 0. The second kappa shape index (κ2) is 12.7. The van der Waals surface area contributed by atoms with Crippen LogP contribution in [0.25, 0.3) is 10.8 Å². The molecule has 0 fully saturated rings. The molecular formula is C37H30O16. The van der Waals surface area contributed by atoms with E-state index in [2.05, 4.69) is 0 Å². The topological polar surface area (TPSA) is 273 Å². The molecule has 0 aromatic heterocycles. The molecule has 10 N–H and O–H groups in total. The fourth-order valence-electron chi connectivity index (χ4n) is 6.68. The Bertz CT molecular complexity index is 2410. The summed E-state index contributed by atoms with van der Waals surface area (Å²) in [5.74, 6) is -7.09. The summed E-state index contributed by atoms with van der Waals surface area (Å²) < 4.78 is 23.0. The summed E-state index contributed by atoms with van der Waals surface area (Å²) in [4.78, 5) is 26.9. The average molecular weight is 731 g/mol. The third-order valence-electron chi connectivity index (χ3n) is 9.19. The molecular weight excluding hydrogens is 700 g/mol. The van der Waals surface area contributed by atoms with Crippen LogP contribution < -0.4 is 19.6 Å². The van der Waals surface area contributed by atoms with Crippen LogP contribution in [0, 0.1) is 0 Å². The number of rotatable bonds is 5. The maximum absolute atomic E-state index is 13.6. The van der Waals surface area contributed by atoms with Crippen LogP contribution in [0.5, 0.6) is 69.0 Å². The molecule has 16 nitrogen and oxygen atoms in total. The Labute approximate surface area is 297 Å². The van der Waals surface area contributed by atoms with Gasteiger partial charge in [-0.15, -0.1) is 0 Å². The Morgan fingerprint density at radius 3 is 1.92 bits per heavy atom. The Hall–Kier alpha value is -6.94. The average Bonchev–Trinajstić information content (AvgIpc) is 3.23. The molecule has 0 amide bonds. The third kappa shape index (κ3) is 5.89. The Kier molecular flexibility index (Phi) is 8.26. The smallest absolute Gasteiger partial charge is 0.338 e. The molecule has 5 aromatic rings. The van der Waals surface area contributed by atoms with E-state index < -0.39 is 81.4 Å². The van der Waals surface area contributed by atoms with E-state index in [0.29, 0.717) is 0 Å². The minimum absolute atomic E-state index is 0.0123. The Balaban J connectivity index is 1.42. The fourth-order valence-corrected chi connectivity index (χ4v) is 6.68. The molecule has 2 heterocycles. The second-order valence-corrected chi connectivity index (χ2v) is 12.5. The van der Waals surface area contributed by atoms with Crippen molar-refractivity contribution in [1.29, 1.82) is 0 Å². The van der Waals surface area contributed by atoms with Gasteiger partial charge >= 0.3 is 5.97 Å². The highest BCUT2D eigenvalue weighted by Gasteiger charge is 2.39. The summed E-state index contributed by atoms with van der Waals surface area (Å²) in [5.41, 5.74) is -1.26. The number of phenols is 8. The lowest BCUT2D eigenvalue weighted by molar-refractivity contribution is -0.0184. The van der Waals surface area contributed by atoms with E-state index in [1.807, 2.05) is 0 Å². The van der Waals surface area contributed by atoms with Gasteiger partial charge in [-0.25, -0.2) is 4.79 Å². The molecule has 4 atom stereocenters. The van der Waals surface area contributed by atoms with E-state index in [1.165, 1.54) is 25.3 Å². The summed E-state index contributed by atoms with van der Waals surface area (Å²) in [6, 6.07) is 9.65. The van der Waals surface area contributed by atoms with Crippen LogP contribution in [0.4, 0.5) is 0 Å². The Morgan fingerprint density at radius 1 is 0.679 bits per heavy atom. The van der Waals surface area contributed by atoms with Gasteiger partial charge in [0.2, 0.25) is 11.2 Å². The first kappa shape index (κ1) is 34.5. The predicted molar refractivity (Wildman–Crippen MR) is 180 cm³/mol. The predicted octanol–water partition coefficient (Wildman–Crippen LogP) is 3.50. The van der Waals surface area contributed by atoms with Gasteiger partial charge in [-0.05, 0) is 41.3 Å². The number of aliphatic hydroxyl groups is 1. The number of fused-ring (bicyclic) bond motifs is 3. The van der Waals surface area contributed by atoms with Crippen LogP contribution in [0.2, 0.25) is 0 Å². The number of ether oxygens (including phenoxy) is 4. The third-order valence-corrected chi connectivity index (χ3v) is 9.19. The molecule has 0 saturated carbocycles. The number of esters is 1. The zero-order valence-corrected chi connectivity index (χ0v) is 27.3. The van der Waals surface area contributed by atoms with Crippen molar-refractivity contribution < 1.29 is 74.8 Å². The molecule has 16 heteroatoms. The van der Waals surface area contributed by atoms with E-state index in [1.54, 1.807) is 0 Å². The zero-order valence-electron chi connectivity index (χ0n) is 27.3. The lowest BCUT2D eigenvalue weighted by Crippen LogP contribution is -2.35. The molecule has 2 aliphatic heterocycles. The van der Waals surface area contributed by atoms with Gasteiger partial charge in [-0.2, -0.15) is 0 Å². The molecule has 274 valence electrons. The van der Waals surface area contributed by atoms with Gasteiger partial charge in [0.1, 0.15) is 46.7 Å². The van der Waals surface area contributed by atoms with Crippen LogP contribution >= 0.6 is 0 Å². The van der Waals surface area contributed by atoms with E-state index in [0.717, 1.165) is 36.4 Å². The standard InChI is InChI=1S/C37H30O16/c1-50-29-5-14(4-23(42)32(29)46)37(49)53-30-12-20-22(41)7-16(39)9-28(20)52-36(30)18-10-25(44)34(48)31-17(18)2-13(3-24(43)33(31)47)35-26(45)11-19-21(40)6-15(38)8-27(19)51-35/h2-10,26,30,35-36,38-42,44-46,48H,11-12H2,1H3,(H,43,47)/t26-,30+,35-,36+/m1/s1. The molecule has 53 heavy (non-hydrogen) atoms. The van der Waals surface area contributed by atoms with E-state index in [9.17, 15) is 60.7 Å². The van der Waals surface area contributed by atoms with Crippen molar-refractivity contribution in [1.82, 2.24) is 0 Å². The number of benzene rings is 4. The first-order valence-corrected chi connectivity index (χ1v) is 15.8. The Morgan fingerprint density at radius 2 is 1.28 bits per heavy atom. The number of phenolic OH excluding ortho intramolecular Hbond substituents is 8. The molecule has 0 saturated heterocycles. The number of carbonyl (C=O) groups is 1. The molecule has 0 aliphatic carbocycles. The van der Waals surface area contributed by atoms with Gasteiger partial charge in [0.25, 0.3) is 0 Å². The second-order valence-electron chi connectivity index (χ2n) is 12.5. The van der Waals surface area contributed by atoms with Gasteiger partial charge < -0.3 is 70.0 Å².